The number of nitrogens with one attached hydrogen (secondary N) is 1. The number of piperidine rings is 1. The van der Waals surface area contributed by atoms with Crippen molar-refractivity contribution in [1.82, 2.24) is 4.90 Å². The molecule has 0 radical (unpaired) electrons. The van der Waals surface area contributed by atoms with E-state index >= 15 is 0 Å². The molecule has 0 aliphatic carbocycles. The van der Waals surface area contributed by atoms with Gasteiger partial charge in [-0.05, 0) is 87.8 Å². The minimum atomic E-state index is -0.452. The first kappa shape index (κ1) is 31.0. The van der Waals surface area contributed by atoms with Gasteiger partial charge < -0.3 is 16.2 Å². The molecule has 0 unspecified atom stereocenters. The Labute approximate surface area is 212 Å². The van der Waals surface area contributed by atoms with Crippen LogP contribution in [-0.2, 0) is 6.42 Å². The minimum absolute atomic E-state index is 0. The van der Waals surface area contributed by atoms with Crippen LogP contribution < -0.4 is 11.1 Å². The Balaban J connectivity index is 0.00000320. The first-order chi connectivity index (χ1) is 14.2. The fourth-order valence-electron chi connectivity index (χ4n) is 4.29. The summed E-state index contributed by atoms with van der Waals surface area (Å²) in [5.41, 5.74) is 9.07. The number of aliphatic hydroxyl groups is 1. The highest BCUT2D eigenvalue weighted by Crippen LogP contribution is 2.28. The summed E-state index contributed by atoms with van der Waals surface area (Å²) in [4.78, 5) is 2.45. The summed E-state index contributed by atoms with van der Waals surface area (Å²) < 4.78 is 0. The van der Waals surface area contributed by atoms with Crippen molar-refractivity contribution in [2.24, 2.45) is 11.7 Å². The standard InChI is InChI=1S/C25H37N3O.3ClH/c1-20(25(29)23-9-11-24(12-10-23)27-16-6-5-15-26)28-17-13-22(14-18-28)19-21-7-3-2-4-8-21;;;/h2-4,7-12,20,22,25,27,29H,5-6,13-19,26H2,1H3;3*1H/t20-,25+;;;/m1.../s1. The van der Waals surface area contributed by atoms with E-state index in [1.807, 2.05) is 0 Å². The van der Waals surface area contributed by atoms with E-state index in [0.717, 1.165) is 56.2 Å². The molecular formula is C25H40Cl3N3O. The van der Waals surface area contributed by atoms with Crippen molar-refractivity contribution in [3.05, 3.63) is 65.7 Å². The number of nitrogens with two attached hydrogens (primary N) is 1. The number of unbranched alkanes of at least 4 members (excludes halogenated alkanes) is 1. The van der Waals surface area contributed by atoms with Gasteiger partial charge in [-0.25, -0.2) is 0 Å². The Morgan fingerprint density at radius 1 is 0.969 bits per heavy atom. The number of likely N-dealkylation sites (tertiary alicyclic amines) is 1. The van der Waals surface area contributed by atoms with Gasteiger partial charge in [0.15, 0.2) is 0 Å². The first-order valence-corrected chi connectivity index (χ1v) is 11.2. The lowest BCUT2D eigenvalue weighted by atomic mass is 9.89. The molecule has 182 valence electrons. The van der Waals surface area contributed by atoms with E-state index in [1.54, 1.807) is 0 Å². The zero-order valence-corrected chi connectivity index (χ0v) is 21.4. The normalized spacial score (nSPS) is 16.1. The molecule has 1 heterocycles. The highest BCUT2D eigenvalue weighted by Gasteiger charge is 2.27. The van der Waals surface area contributed by atoms with Crippen LogP contribution in [0.25, 0.3) is 0 Å². The molecule has 2 aromatic rings. The molecule has 0 aromatic heterocycles. The number of halogens is 3. The van der Waals surface area contributed by atoms with Gasteiger partial charge in [0, 0.05) is 18.3 Å². The van der Waals surface area contributed by atoms with Gasteiger partial charge in [-0.1, -0.05) is 42.5 Å². The molecule has 1 fully saturated rings. The van der Waals surface area contributed by atoms with Crippen molar-refractivity contribution < 1.29 is 5.11 Å². The molecule has 2 atom stereocenters. The maximum absolute atomic E-state index is 10.9. The van der Waals surface area contributed by atoms with Crippen molar-refractivity contribution in [3.63, 3.8) is 0 Å². The molecule has 0 bridgehead atoms. The highest BCUT2D eigenvalue weighted by molar-refractivity contribution is 5.86. The number of anilines is 1. The van der Waals surface area contributed by atoms with Crippen LogP contribution >= 0.6 is 37.2 Å². The number of benzene rings is 2. The maximum atomic E-state index is 10.9. The van der Waals surface area contributed by atoms with Crippen LogP contribution in [0.1, 0.15) is 49.8 Å². The lowest BCUT2D eigenvalue weighted by Gasteiger charge is -2.38. The molecule has 0 amide bonds. The predicted molar refractivity (Wildman–Crippen MR) is 144 cm³/mol. The van der Waals surface area contributed by atoms with Crippen molar-refractivity contribution in [2.75, 3.05) is 31.5 Å². The Bertz CT molecular complexity index is 710. The largest absolute Gasteiger partial charge is 0.387 e. The van der Waals surface area contributed by atoms with Crippen LogP contribution in [0.3, 0.4) is 0 Å². The van der Waals surface area contributed by atoms with E-state index in [-0.39, 0.29) is 43.3 Å². The van der Waals surface area contributed by atoms with Crippen molar-refractivity contribution >= 4 is 42.9 Å². The SMILES string of the molecule is C[C@H]([C@H](O)c1ccc(NCCCCN)cc1)N1CCC(Cc2ccccc2)CC1.Cl.Cl.Cl. The summed E-state index contributed by atoms with van der Waals surface area (Å²) in [6.07, 6.45) is 5.26. The third-order valence-corrected chi connectivity index (χ3v) is 6.26. The van der Waals surface area contributed by atoms with E-state index in [4.69, 9.17) is 5.73 Å². The molecule has 3 rings (SSSR count). The van der Waals surface area contributed by atoms with Gasteiger partial charge in [-0.2, -0.15) is 0 Å². The quantitative estimate of drug-likeness (QED) is 0.375. The maximum Gasteiger partial charge on any atom is 0.0942 e. The third-order valence-electron chi connectivity index (χ3n) is 6.26. The molecule has 4 nitrogen and oxygen atoms in total. The van der Waals surface area contributed by atoms with Gasteiger partial charge in [0.2, 0.25) is 0 Å². The zero-order chi connectivity index (χ0) is 20.5. The van der Waals surface area contributed by atoms with Crippen LogP contribution in [-0.4, -0.2) is 42.2 Å². The van der Waals surface area contributed by atoms with E-state index in [1.165, 1.54) is 24.8 Å². The number of rotatable bonds is 10. The number of aliphatic hydroxyl groups excluding tert-OH is 1. The second-order valence-corrected chi connectivity index (χ2v) is 8.40. The van der Waals surface area contributed by atoms with Gasteiger partial charge in [-0.15, -0.1) is 37.2 Å². The summed E-state index contributed by atoms with van der Waals surface area (Å²) in [5.74, 6) is 0.752. The second kappa shape index (κ2) is 16.6. The van der Waals surface area contributed by atoms with Crippen LogP contribution in [0, 0.1) is 5.92 Å². The van der Waals surface area contributed by atoms with Crippen LogP contribution in [0.5, 0.6) is 0 Å². The summed E-state index contributed by atoms with van der Waals surface area (Å²) in [7, 11) is 0. The number of hydrogen-bond donors (Lipinski definition) is 3. The monoisotopic (exact) mass is 503 g/mol. The van der Waals surface area contributed by atoms with Crippen molar-refractivity contribution in [1.29, 1.82) is 0 Å². The van der Waals surface area contributed by atoms with Crippen molar-refractivity contribution in [2.45, 2.75) is 51.2 Å². The lowest BCUT2D eigenvalue weighted by molar-refractivity contribution is 0.0373. The average Bonchev–Trinajstić information content (AvgIpc) is 2.77. The summed E-state index contributed by atoms with van der Waals surface area (Å²) >= 11 is 0. The smallest absolute Gasteiger partial charge is 0.0942 e. The molecule has 1 aliphatic rings. The Kier molecular flexibility index (Phi) is 16.1. The molecule has 7 heteroatoms. The van der Waals surface area contributed by atoms with E-state index in [2.05, 4.69) is 71.7 Å². The van der Waals surface area contributed by atoms with E-state index in [0.29, 0.717) is 0 Å². The molecule has 4 N–H and O–H groups in total. The first-order valence-electron chi connectivity index (χ1n) is 11.2. The van der Waals surface area contributed by atoms with Gasteiger partial charge in [0.05, 0.1) is 6.10 Å². The predicted octanol–water partition coefficient (Wildman–Crippen LogP) is 5.48. The van der Waals surface area contributed by atoms with Gasteiger partial charge in [0.25, 0.3) is 0 Å². The lowest BCUT2D eigenvalue weighted by Crippen LogP contribution is -2.43. The van der Waals surface area contributed by atoms with Gasteiger partial charge in [0.1, 0.15) is 0 Å². The van der Waals surface area contributed by atoms with Crippen LogP contribution in [0.4, 0.5) is 5.69 Å². The molecule has 2 aromatic carbocycles. The Hall–Kier alpha value is -1.01. The van der Waals surface area contributed by atoms with Crippen LogP contribution in [0.15, 0.2) is 54.6 Å². The fourth-order valence-corrected chi connectivity index (χ4v) is 4.29. The molecule has 1 aliphatic heterocycles. The second-order valence-electron chi connectivity index (χ2n) is 8.40. The number of nitrogens with zero attached hydrogens (tertiary/aromatic N) is 1. The van der Waals surface area contributed by atoms with E-state index < -0.39 is 6.10 Å². The fraction of sp³-hybridized carbons (Fsp3) is 0.520. The molecule has 32 heavy (non-hydrogen) atoms. The Morgan fingerprint density at radius 2 is 1.59 bits per heavy atom. The van der Waals surface area contributed by atoms with E-state index in [9.17, 15) is 5.11 Å². The van der Waals surface area contributed by atoms with Gasteiger partial charge >= 0.3 is 0 Å². The van der Waals surface area contributed by atoms with Gasteiger partial charge in [-0.3, -0.25) is 4.90 Å². The third kappa shape index (κ3) is 9.46. The molecule has 0 spiro atoms. The molecule has 0 saturated carbocycles. The summed E-state index contributed by atoms with van der Waals surface area (Å²) in [5, 5.41) is 14.3. The van der Waals surface area contributed by atoms with Crippen molar-refractivity contribution in [3.8, 4) is 0 Å². The summed E-state index contributed by atoms with van der Waals surface area (Å²) in [6, 6.07) is 19.2. The number of hydrogen-bond acceptors (Lipinski definition) is 4. The topological polar surface area (TPSA) is 61.5 Å². The zero-order valence-electron chi connectivity index (χ0n) is 19.0. The minimum Gasteiger partial charge on any atom is -0.387 e. The average molecular weight is 505 g/mol. The molecule has 1 saturated heterocycles. The summed E-state index contributed by atoms with van der Waals surface area (Å²) in [6.45, 7) is 5.97. The highest BCUT2D eigenvalue weighted by atomic mass is 35.5. The van der Waals surface area contributed by atoms with Crippen LogP contribution in [0.2, 0.25) is 0 Å². The Morgan fingerprint density at radius 3 is 2.19 bits per heavy atom. The molecular weight excluding hydrogens is 465 g/mol.